The van der Waals surface area contributed by atoms with E-state index < -0.39 is 0 Å². The average molecular weight is 240 g/mol. The minimum absolute atomic E-state index is 0.417. The molecular formula is C14H22ClN. The van der Waals surface area contributed by atoms with Crippen LogP contribution in [-0.2, 0) is 0 Å². The van der Waals surface area contributed by atoms with Crippen LogP contribution in [0.5, 0.6) is 0 Å². The van der Waals surface area contributed by atoms with Crippen LogP contribution in [0.4, 0.5) is 0 Å². The lowest BCUT2D eigenvalue weighted by Crippen LogP contribution is -2.17. The molecular weight excluding hydrogens is 218 g/mol. The van der Waals surface area contributed by atoms with Crippen molar-refractivity contribution < 1.29 is 0 Å². The van der Waals surface area contributed by atoms with E-state index in [0.29, 0.717) is 6.04 Å². The van der Waals surface area contributed by atoms with Gasteiger partial charge < -0.3 is 5.32 Å². The van der Waals surface area contributed by atoms with Gasteiger partial charge in [-0.2, -0.15) is 0 Å². The Morgan fingerprint density at radius 3 is 2.44 bits per heavy atom. The van der Waals surface area contributed by atoms with Gasteiger partial charge in [-0.3, -0.25) is 0 Å². The molecule has 0 radical (unpaired) electrons. The molecule has 0 heterocycles. The summed E-state index contributed by atoms with van der Waals surface area (Å²) in [5.74, 6) is 0.747. The van der Waals surface area contributed by atoms with Crippen LogP contribution in [0.1, 0.15) is 43.9 Å². The smallest absolute Gasteiger partial charge is 0.0438 e. The van der Waals surface area contributed by atoms with Gasteiger partial charge in [0.2, 0.25) is 0 Å². The lowest BCUT2D eigenvalue weighted by atomic mass is 9.97. The van der Waals surface area contributed by atoms with Crippen molar-refractivity contribution in [2.75, 3.05) is 7.05 Å². The van der Waals surface area contributed by atoms with Crippen LogP contribution in [0.3, 0.4) is 0 Å². The molecule has 2 heteroatoms. The maximum absolute atomic E-state index is 6.15. The first-order valence-corrected chi connectivity index (χ1v) is 6.35. The van der Waals surface area contributed by atoms with Crippen molar-refractivity contribution in [1.82, 2.24) is 5.32 Å². The molecule has 0 bridgehead atoms. The predicted molar refractivity (Wildman–Crippen MR) is 72.1 cm³/mol. The Kier molecular flexibility index (Phi) is 5.30. The van der Waals surface area contributed by atoms with Crippen LogP contribution in [0.2, 0.25) is 5.02 Å². The molecule has 0 spiro atoms. The summed E-state index contributed by atoms with van der Waals surface area (Å²) in [5, 5.41) is 4.22. The molecule has 0 aliphatic rings. The first-order chi connectivity index (χ1) is 7.54. The quantitative estimate of drug-likeness (QED) is 0.806. The highest BCUT2D eigenvalue weighted by molar-refractivity contribution is 6.31. The first-order valence-electron chi connectivity index (χ1n) is 5.98. The second kappa shape index (κ2) is 6.27. The highest BCUT2D eigenvalue weighted by atomic mass is 35.5. The highest BCUT2D eigenvalue weighted by Gasteiger charge is 2.10. The number of nitrogens with one attached hydrogen (secondary N) is 1. The van der Waals surface area contributed by atoms with Crippen LogP contribution in [0, 0.1) is 12.8 Å². The minimum atomic E-state index is 0.417. The second-order valence-corrected chi connectivity index (χ2v) is 5.23. The monoisotopic (exact) mass is 239 g/mol. The summed E-state index contributed by atoms with van der Waals surface area (Å²) in [6.07, 6.45) is 2.39. The maximum Gasteiger partial charge on any atom is 0.0438 e. The number of halogens is 1. The van der Waals surface area contributed by atoms with Gasteiger partial charge >= 0.3 is 0 Å². The van der Waals surface area contributed by atoms with Crippen molar-refractivity contribution in [3.63, 3.8) is 0 Å². The Hall–Kier alpha value is -0.530. The van der Waals surface area contributed by atoms with Crippen LogP contribution >= 0.6 is 11.6 Å². The number of hydrogen-bond donors (Lipinski definition) is 1. The van der Waals surface area contributed by atoms with Gasteiger partial charge in [0.25, 0.3) is 0 Å². The molecule has 1 N–H and O–H groups in total. The third kappa shape index (κ3) is 3.80. The molecule has 16 heavy (non-hydrogen) atoms. The largest absolute Gasteiger partial charge is 0.313 e. The van der Waals surface area contributed by atoms with E-state index in [9.17, 15) is 0 Å². The maximum atomic E-state index is 6.15. The minimum Gasteiger partial charge on any atom is -0.313 e. The second-order valence-electron chi connectivity index (χ2n) is 4.82. The van der Waals surface area contributed by atoms with E-state index in [1.54, 1.807) is 0 Å². The van der Waals surface area contributed by atoms with E-state index >= 15 is 0 Å². The summed E-state index contributed by atoms with van der Waals surface area (Å²) in [5.41, 5.74) is 2.43. The van der Waals surface area contributed by atoms with E-state index in [1.165, 1.54) is 12.0 Å². The molecule has 0 saturated heterocycles. The molecule has 0 aliphatic carbocycles. The molecule has 0 amide bonds. The Bertz CT molecular complexity index is 334. The summed E-state index contributed by atoms with van der Waals surface area (Å²) in [6, 6.07) is 6.76. The van der Waals surface area contributed by atoms with Gasteiger partial charge in [-0.25, -0.2) is 0 Å². The van der Waals surface area contributed by atoms with Crippen molar-refractivity contribution in [1.29, 1.82) is 0 Å². The molecule has 1 atom stereocenters. The van der Waals surface area contributed by atoms with Gasteiger partial charge in [0.05, 0.1) is 0 Å². The summed E-state index contributed by atoms with van der Waals surface area (Å²) in [7, 11) is 2.01. The molecule has 1 aromatic carbocycles. The Labute approximate surface area is 104 Å². The van der Waals surface area contributed by atoms with Crippen LogP contribution in [0.25, 0.3) is 0 Å². The summed E-state index contributed by atoms with van der Waals surface area (Å²) in [4.78, 5) is 0. The molecule has 0 aliphatic heterocycles. The van der Waals surface area contributed by atoms with Crippen molar-refractivity contribution in [2.45, 2.75) is 39.7 Å². The van der Waals surface area contributed by atoms with E-state index in [4.69, 9.17) is 11.6 Å². The number of aryl methyl sites for hydroxylation is 1. The zero-order valence-electron chi connectivity index (χ0n) is 10.7. The lowest BCUT2D eigenvalue weighted by molar-refractivity contribution is 0.465. The fraction of sp³-hybridized carbons (Fsp3) is 0.571. The van der Waals surface area contributed by atoms with E-state index in [1.807, 2.05) is 14.0 Å². The molecule has 0 saturated carbocycles. The molecule has 0 aromatic heterocycles. The van der Waals surface area contributed by atoms with Crippen molar-refractivity contribution in [2.24, 2.45) is 5.92 Å². The zero-order valence-corrected chi connectivity index (χ0v) is 11.4. The van der Waals surface area contributed by atoms with Gasteiger partial charge in [0.1, 0.15) is 0 Å². The lowest BCUT2D eigenvalue weighted by Gasteiger charge is -2.18. The molecule has 90 valence electrons. The molecule has 0 fully saturated rings. The summed E-state index contributed by atoms with van der Waals surface area (Å²) >= 11 is 6.15. The van der Waals surface area contributed by atoms with Gasteiger partial charge in [0.15, 0.2) is 0 Å². The van der Waals surface area contributed by atoms with Crippen molar-refractivity contribution in [3.05, 3.63) is 34.3 Å². The summed E-state index contributed by atoms with van der Waals surface area (Å²) < 4.78 is 0. The standard InChI is InChI=1S/C14H22ClN/c1-10(2)5-8-14(16-4)12-7-6-11(3)13(15)9-12/h6-7,9-10,14,16H,5,8H2,1-4H3. The molecule has 1 unspecified atom stereocenters. The molecule has 1 aromatic rings. The Morgan fingerprint density at radius 1 is 1.25 bits per heavy atom. The van der Waals surface area contributed by atoms with Crippen LogP contribution in [-0.4, -0.2) is 7.05 Å². The molecule has 1 nitrogen and oxygen atoms in total. The highest BCUT2D eigenvalue weighted by Crippen LogP contribution is 2.25. The Morgan fingerprint density at radius 2 is 1.94 bits per heavy atom. The number of rotatable bonds is 5. The fourth-order valence-electron chi connectivity index (χ4n) is 1.80. The SMILES string of the molecule is CNC(CCC(C)C)c1ccc(C)c(Cl)c1. The Balaban J connectivity index is 2.74. The van der Waals surface area contributed by atoms with E-state index in [0.717, 1.165) is 22.9 Å². The van der Waals surface area contributed by atoms with Crippen LogP contribution in [0.15, 0.2) is 18.2 Å². The number of benzene rings is 1. The van der Waals surface area contributed by atoms with E-state index in [2.05, 4.69) is 37.4 Å². The first kappa shape index (κ1) is 13.5. The van der Waals surface area contributed by atoms with Gasteiger partial charge in [0, 0.05) is 11.1 Å². The topological polar surface area (TPSA) is 12.0 Å². The van der Waals surface area contributed by atoms with Crippen molar-refractivity contribution in [3.8, 4) is 0 Å². The van der Waals surface area contributed by atoms with Gasteiger partial charge in [-0.15, -0.1) is 0 Å². The molecule has 1 rings (SSSR count). The normalized spacial score (nSPS) is 13.1. The zero-order chi connectivity index (χ0) is 12.1. The van der Waals surface area contributed by atoms with Gasteiger partial charge in [-0.05, 0) is 49.9 Å². The van der Waals surface area contributed by atoms with Crippen molar-refractivity contribution >= 4 is 11.6 Å². The van der Waals surface area contributed by atoms with E-state index in [-0.39, 0.29) is 0 Å². The summed E-state index contributed by atoms with van der Waals surface area (Å²) in [6.45, 7) is 6.55. The third-order valence-corrected chi connectivity index (χ3v) is 3.39. The third-order valence-electron chi connectivity index (χ3n) is 2.98. The predicted octanol–water partition coefficient (Wildman–Crippen LogP) is 4.35. The van der Waals surface area contributed by atoms with Crippen LogP contribution < -0.4 is 5.32 Å². The van der Waals surface area contributed by atoms with Gasteiger partial charge in [-0.1, -0.05) is 37.6 Å². The fourth-order valence-corrected chi connectivity index (χ4v) is 1.99. The number of hydrogen-bond acceptors (Lipinski definition) is 1. The average Bonchev–Trinajstić information content (AvgIpc) is 2.23.